The standard InChI is InChI=1S/C22H19Cl3N4O4S/c1-33-18-10-9-15(29(31)32)12-17(18)26-21(34)28-20(22(23,24)25)27-19(30)11-14-7-4-6-13-5-2-3-8-16(13)14/h2-10,12,20H,11H2,1H3,(H,27,30)(H2,26,28,34)/t20-/m0/s1. The highest BCUT2D eigenvalue weighted by Crippen LogP contribution is 2.31. The number of carbonyl (C=O) groups is 1. The monoisotopic (exact) mass is 540 g/mol. The molecule has 1 amide bonds. The Balaban J connectivity index is 1.73. The van der Waals surface area contributed by atoms with Gasteiger partial charge in [-0.1, -0.05) is 77.3 Å². The number of carbonyl (C=O) groups excluding carboxylic acids is 1. The number of anilines is 1. The lowest BCUT2D eigenvalue weighted by molar-refractivity contribution is -0.384. The summed E-state index contributed by atoms with van der Waals surface area (Å²) in [5.41, 5.74) is 0.854. The number of nitro benzene ring substituents is 1. The Labute approximate surface area is 215 Å². The van der Waals surface area contributed by atoms with Crippen molar-refractivity contribution >= 4 is 80.2 Å². The zero-order valence-electron chi connectivity index (χ0n) is 17.7. The minimum Gasteiger partial charge on any atom is -0.495 e. The SMILES string of the molecule is COc1ccc([N+](=O)[O-])cc1NC(=S)N[C@H](NC(=O)Cc1cccc2ccccc12)C(Cl)(Cl)Cl. The number of benzene rings is 3. The Morgan fingerprint density at radius 2 is 1.82 bits per heavy atom. The van der Waals surface area contributed by atoms with Crippen LogP contribution in [0.25, 0.3) is 10.8 Å². The van der Waals surface area contributed by atoms with Crippen LogP contribution in [0.1, 0.15) is 5.56 Å². The summed E-state index contributed by atoms with van der Waals surface area (Å²) >= 11 is 23.5. The van der Waals surface area contributed by atoms with Crippen molar-refractivity contribution in [3.05, 3.63) is 76.3 Å². The molecule has 34 heavy (non-hydrogen) atoms. The third-order valence-electron chi connectivity index (χ3n) is 4.78. The number of non-ortho nitro benzene ring substituents is 1. The van der Waals surface area contributed by atoms with Gasteiger partial charge in [-0.15, -0.1) is 0 Å². The van der Waals surface area contributed by atoms with Gasteiger partial charge in [-0.3, -0.25) is 14.9 Å². The van der Waals surface area contributed by atoms with E-state index in [-0.39, 0.29) is 22.9 Å². The number of halogens is 3. The molecule has 0 spiro atoms. The van der Waals surface area contributed by atoms with Crippen LogP contribution in [0.5, 0.6) is 5.75 Å². The smallest absolute Gasteiger partial charge is 0.271 e. The van der Waals surface area contributed by atoms with Gasteiger partial charge in [-0.05, 0) is 34.6 Å². The molecule has 3 N–H and O–H groups in total. The topological polar surface area (TPSA) is 106 Å². The number of ether oxygens (including phenoxy) is 1. The van der Waals surface area contributed by atoms with Crippen molar-refractivity contribution in [1.29, 1.82) is 0 Å². The number of nitrogens with one attached hydrogen (secondary N) is 3. The number of alkyl halides is 3. The quantitative estimate of drug-likeness (QED) is 0.126. The molecule has 3 rings (SSSR count). The first-order valence-electron chi connectivity index (χ1n) is 9.81. The maximum atomic E-state index is 12.8. The lowest BCUT2D eigenvalue weighted by Gasteiger charge is -2.28. The molecule has 0 aliphatic heterocycles. The predicted octanol–water partition coefficient (Wildman–Crippen LogP) is 5.10. The number of rotatable bonds is 7. The van der Waals surface area contributed by atoms with Gasteiger partial charge in [-0.25, -0.2) is 0 Å². The van der Waals surface area contributed by atoms with Crippen molar-refractivity contribution in [3.63, 3.8) is 0 Å². The highest BCUT2D eigenvalue weighted by atomic mass is 35.6. The molecule has 0 aliphatic rings. The Kier molecular flexibility index (Phi) is 8.37. The Hall–Kier alpha value is -2.85. The Morgan fingerprint density at radius 1 is 1.12 bits per heavy atom. The van der Waals surface area contributed by atoms with Crippen LogP contribution in [0.15, 0.2) is 60.7 Å². The van der Waals surface area contributed by atoms with Gasteiger partial charge in [0.15, 0.2) is 5.11 Å². The minimum atomic E-state index is -1.97. The summed E-state index contributed by atoms with van der Waals surface area (Å²) in [6.07, 6.45) is -1.16. The second kappa shape index (κ2) is 11.1. The van der Waals surface area contributed by atoms with Gasteiger partial charge in [0, 0.05) is 12.1 Å². The minimum absolute atomic E-state index is 0.0408. The number of methoxy groups -OCH3 is 1. The molecular weight excluding hydrogens is 523 g/mol. The Morgan fingerprint density at radius 3 is 2.50 bits per heavy atom. The number of fused-ring (bicyclic) bond motifs is 1. The van der Waals surface area contributed by atoms with Crippen molar-refractivity contribution in [1.82, 2.24) is 10.6 Å². The largest absolute Gasteiger partial charge is 0.495 e. The van der Waals surface area contributed by atoms with Crippen LogP contribution in [0.2, 0.25) is 0 Å². The second-order valence-corrected chi connectivity index (χ2v) is 9.87. The van der Waals surface area contributed by atoms with Crippen molar-refractivity contribution in [3.8, 4) is 5.75 Å². The molecule has 0 aromatic heterocycles. The summed E-state index contributed by atoms with van der Waals surface area (Å²) in [6, 6.07) is 17.3. The molecule has 0 saturated carbocycles. The van der Waals surface area contributed by atoms with Crippen LogP contribution in [-0.2, 0) is 11.2 Å². The van der Waals surface area contributed by atoms with E-state index in [1.165, 1.54) is 25.3 Å². The summed E-state index contributed by atoms with van der Waals surface area (Å²) in [5, 5.41) is 21.1. The van der Waals surface area contributed by atoms with E-state index in [4.69, 9.17) is 51.8 Å². The molecule has 3 aromatic rings. The molecule has 0 aliphatic carbocycles. The molecule has 12 heteroatoms. The fraction of sp³-hybridized carbons (Fsp3) is 0.182. The molecule has 0 bridgehead atoms. The number of nitrogens with zero attached hydrogens (tertiary/aromatic N) is 1. The lowest BCUT2D eigenvalue weighted by atomic mass is 10.0. The third-order valence-corrected chi connectivity index (χ3v) is 5.66. The van der Waals surface area contributed by atoms with Gasteiger partial charge in [0.1, 0.15) is 11.9 Å². The van der Waals surface area contributed by atoms with Crippen molar-refractivity contribution in [2.45, 2.75) is 16.4 Å². The van der Waals surface area contributed by atoms with Crippen molar-refractivity contribution < 1.29 is 14.5 Å². The molecule has 8 nitrogen and oxygen atoms in total. The molecular formula is C22H19Cl3N4O4S. The first-order chi connectivity index (χ1) is 16.1. The molecule has 0 radical (unpaired) electrons. The van der Waals surface area contributed by atoms with E-state index in [2.05, 4.69) is 16.0 Å². The van der Waals surface area contributed by atoms with Crippen LogP contribution < -0.4 is 20.7 Å². The van der Waals surface area contributed by atoms with Gasteiger partial charge < -0.3 is 20.7 Å². The fourth-order valence-electron chi connectivity index (χ4n) is 3.23. The molecule has 3 aromatic carbocycles. The van der Waals surface area contributed by atoms with Crippen molar-refractivity contribution in [2.24, 2.45) is 0 Å². The fourth-order valence-corrected chi connectivity index (χ4v) is 3.78. The van der Waals surface area contributed by atoms with E-state index in [0.29, 0.717) is 5.75 Å². The molecule has 0 heterocycles. The number of hydrogen-bond donors (Lipinski definition) is 3. The van der Waals surface area contributed by atoms with E-state index < -0.39 is 20.8 Å². The van der Waals surface area contributed by atoms with E-state index >= 15 is 0 Å². The predicted molar refractivity (Wildman–Crippen MR) is 139 cm³/mol. The highest BCUT2D eigenvalue weighted by molar-refractivity contribution is 7.80. The van der Waals surface area contributed by atoms with Gasteiger partial charge in [-0.2, -0.15) is 0 Å². The van der Waals surface area contributed by atoms with E-state index in [1.807, 2.05) is 42.5 Å². The number of amides is 1. The molecule has 0 fully saturated rings. The first-order valence-corrected chi connectivity index (χ1v) is 11.4. The Bertz CT molecular complexity index is 1230. The van der Waals surface area contributed by atoms with Gasteiger partial charge in [0.05, 0.1) is 24.1 Å². The molecule has 178 valence electrons. The van der Waals surface area contributed by atoms with E-state index in [0.717, 1.165) is 16.3 Å². The summed E-state index contributed by atoms with van der Waals surface area (Å²) < 4.78 is 3.23. The van der Waals surface area contributed by atoms with Crippen LogP contribution in [0, 0.1) is 10.1 Å². The summed E-state index contributed by atoms with van der Waals surface area (Å²) in [6.45, 7) is 0. The zero-order chi connectivity index (χ0) is 24.9. The van der Waals surface area contributed by atoms with Crippen molar-refractivity contribution in [2.75, 3.05) is 12.4 Å². The third kappa shape index (κ3) is 6.60. The molecule has 0 unspecified atom stereocenters. The molecule has 1 atom stereocenters. The number of nitro groups is 1. The average molecular weight is 542 g/mol. The normalized spacial score (nSPS) is 12.0. The maximum Gasteiger partial charge on any atom is 0.271 e. The van der Waals surface area contributed by atoms with Gasteiger partial charge in [0.25, 0.3) is 5.69 Å². The highest BCUT2D eigenvalue weighted by Gasteiger charge is 2.34. The summed E-state index contributed by atoms with van der Waals surface area (Å²) in [4.78, 5) is 23.3. The lowest BCUT2D eigenvalue weighted by Crippen LogP contribution is -2.56. The van der Waals surface area contributed by atoms with Gasteiger partial charge in [0.2, 0.25) is 9.70 Å². The summed E-state index contributed by atoms with van der Waals surface area (Å²) in [7, 11) is 1.40. The van der Waals surface area contributed by atoms with Crippen LogP contribution >= 0.6 is 47.0 Å². The number of hydrogen-bond acceptors (Lipinski definition) is 5. The second-order valence-electron chi connectivity index (χ2n) is 7.10. The average Bonchev–Trinajstić information content (AvgIpc) is 2.78. The zero-order valence-corrected chi connectivity index (χ0v) is 20.8. The first kappa shape index (κ1) is 25.8. The van der Waals surface area contributed by atoms with Gasteiger partial charge >= 0.3 is 0 Å². The summed E-state index contributed by atoms with van der Waals surface area (Å²) in [5.74, 6) is -0.101. The van der Waals surface area contributed by atoms with Crippen LogP contribution in [0.3, 0.4) is 0 Å². The van der Waals surface area contributed by atoms with Crippen LogP contribution in [0.4, 0.5) is 11.4 Å². The van der Waals surface area contributed by atoms with E-state index in [1.54, 1.807) is 0 Å². The maximum absolute atomic E-state index is 12.8. The number of thiocarbonyl (C=S) groups is 1. The van der Waals surface area contributed by atoms with E-state index in [9.17, 15) is 14.9 Å². The molecule has 0 saturated heterocycles. The van der Waals surface area contributed by atoms with Crippen LogP contribution in [-0.4, -0.2) is 33.0 Å².